The van der Waals surface area contributed by atoms with Crippen molar-refractivity contribution in [1.82, 2.24) is 0 Å². The molecule has 1 aliphatic rings. The number of guanidine groups is 1. The molecule has 2 aromatic rings. The highest BCUT2D eigenvalue weighted by atomic mass is 32.2. The second kappa shape index (κ2) is 6.30. The van der Waals surface area contributed by atoms with Crippen LogP contribution in [-0.2, 0) is 0 Å². The lowest BCUT2D eigenvalue weighted by molar-refractivity contribution is 0.100. The van der Waals surface area contributed by atoms with Crippen molar-refractivity contribution in [1.29, 1.82) is 0 Å². The largest absolute Gasteiger partial charge is 0.370 e. The summed E-state index contributed by atoms with van der Waals surface area (Å²) in [7, 11) is 0. The summed E-state index contributed by atoms with van der Waals surface area (Å²) in [5.74, 6) is 0.266. The van der Waals surface area contributed by atoms with Gasteiger partial charge in [-0.25, -0.2) is 0 Å². The molecule has 116 valence electrons. The summed E-state index contributed by atoms with van der Waals surface area (Å²) in [5, 5.41) is 0. The third kappa shape index (κ3) is 3.14. The van der Waals surface area contributed by atoms with Gasteiger partial charge in [-0.1, -0.05) is 30.3 Å². The van der Waals surface area contributed by atoms with Gasteiger partial charge >= 0.3 is 0 Å². The van der Waals surface area contributed by atoms with Gasteiger partial charge in [-0.3, -0.25) is 4.79 Å². The van der Waals surface area contributed by atoms with Crippen LogP contribution in [0.1, 0.15) is 27.0 Å². The van der Waals surface area contributed by atoms with Crippen molar-refractivity contribution >= 4 is 29.2 Å². The lowest BCUT2D eigenvalue weighted by Crippen LogP contribution is -2.24. The molecule has 1 amide bonds. The van der Waals surface area contributed by atoms with Gasteiger partial charge in [-0.05, 0) is 47.4 Å². The number of aryl methyl sites for hydroxylation is 1. The Kier molecular flexibility index (Phi) is 4.21. The number of aliphatic imine (C=N–C) groups is 1. The van der Waals surface area contributed by atoms with Crippen LogP contribution >= 0.6 is 11.8 Å². The van der Waals surface area contributed by atoms with Gasteiger partial charge < -0.3 is 11.5 Å². The minimum absolute atomic E-state index is 0.225. The molecule has 0 bridgehead atoms. The molecule has 0 saturated heterocycles. The topological polar surface area (TPSA) is 81.5 Å². The first-order valence-electron chi connectivity index (χ1n) is 7.23. The Morgan fingerprint density at radius 3 is 2.65 bits per heavy atom. The number of benzene rings is 2. The van der Waals surface area contributed by atoms with Gasteiger partial charge in [-0.15, -0.1) is 11.8 Å². The highest BCUT2D eigenvalue weighted by Crippen LogP contribution is 2.38. The Labute approximate surface area is 139 Å². The van der Waals surface area contributed by atoms with E-state index >= 15 is 0 Å². The van der Waals surface area contributed by atoms with Crippen LogP contribution < -0.4 is 11.5 Å². The summed E-state index contributed by atoms with van der Waals surface area (Å²) in [6, 6.07) is 13.8. The smallest absolute Gasteiger partial charge is 0.280 e. The molecule has 1 aliphatic heterocycles. The zero-order valence-corrected chi connectivity index (χ0v) is 13.6. The number of amides is 1. The third-order valence-corrected chi connectivity index (χ3v) is 4.71. The molecule has 0 fully saturated rings. The normalized spacial score (nSPS) is 13.0. The number of nitrogens with zero attached hydrogens (tertiary/aromatic N) is 1. The standard InChI is InChI=1S/C18H17N3OS/c1-11-4-2-3-5-13(11)14-8-9-23-16-7-6-12(10-15(14)16)17(22)21-18(19)20/h2-8,10H,9H2,1H3,(H4,19,20,21,22). The Hall–Kier alpha value is -2.53. The molecular formula is C18H17N3OS. The first-order chi connectivity index (χ1) is 11.1. The van der Waals surface area contributed by atoms with E-state index in [1.54, 1.807) is 17.8 Å². The lowest BCUT2D eigenvalue weighted by Gasteiger charge is -2.19. The van der Waals surface area contributed by atoms with Crippen LogP contribution in [0.4, 0.5) is 0 Å². The van der Waals surface area contributed by atoms with Crippen molar-refractivity contribution < 1.29 is 4.79 Å². The summed E-state index contributed by atoms with van der Waals surface area (Å²) >= 11 is 1.75. The average Bonchev–Trinajstić information content (AvgIpc) is 2.54. The van der Waals surface area contributed by atoms with Crippen molar-refractivity contribution in [2.45, 2.75) is 11.8 Å². The number of thioether (sulfide) groups is 1. The van der Waals surface area contributed by atoms with E-state index in [1.807, 2.05) is 24.3 Å². The van der Waals surface area contributed by atoms with E-state index in [0.717, 1.165) is 21.8 Å². The highest BCUT2D eigenvalue weighted by Gasteiger charge is 2.18. The molecule has 0 saturated carbocycles. The molecule has 5 heteroatoms. The van der Waals surface area contributed by atoms with E-state index in [-0.39, 0.29) is 5.96 Å². The Morgan fingerprint density at radius 2 is 1.91 bits per heavy atom. The van der Waals surface area contributed by atoms with E-state index < -0.39 is 5.91 Å². The van der Waals surface area contributed by atoms with Crippen LogP contribution in [0.5, 0.6) is 0 Å². The fourth-order valence-corrected chi connectivity index (χ4v) is 3.55. The number of carbonyl (C=O) groups excluding carboxylic acids is 1. The summed E-state index contributed by atoms with van der Waals surface area (Å²) in [6.45, 7) is 2.09. The van der Waals surface area contributed by atoms with E-state index in [4.69, 9.17) is 11.5 Å². The second-order valence-corrected chi connectivity index (χ2v) is 6.36. The molecule has 4 nitrogen and oxygen atoms in total. The summed E-state index contributed by atoms with van der Waals surface area (Å²) in [6.07, 6.45) is 2.20. The fourth-order valence-electron chi connectivity index (χ4n) is 2.64. The number of hydrogen-bond donors (Lipinski definition) is 2. The van der Waals surface area contributed by atoms with Crippen molar-refractivity contribution in [3.63, 3.8) is 0 Å². The number of hydrogen-bond acceptors (Lipinski definition) is 2. The number of carbonyl (C=O) groups is 1. The quantitative estimate of drug-likeness (QED) is 0.657. The Bertz CT molecular complexity index is 836. The van der Waals surface area contributed by atoms with E-state index in [0.29, 0.717) is 5.56 Å². The van der Waals surface area contributed by atoms with Crippen LogP contribution in [0.15, 0.2) is 58.4 Å². The number of nitrogens with two attached hydrogens (primary N) is 2. The zero-order valence-electron chi connectivity index (χ0n) is 12.7. The van der Waals surface area contributed by atoms with E-state index in [1.165, 1.54) is 11.1 Å². The van der Waals surface area contributed by atoms with Gasteiger partial charge in [0.15, 0.2) is 5.96 Å². The average molecular weight is 323 g/mol. The van der Waals surface area contributed by atoms with E-state index in [2.05, 4.69) is 30.1 Å². The fraction of sp³-hybridized carbons (Fsp3) is 0.111. The van der Waals surface area contributed by atoms with Crippen molar-refractivity contribution in [3.8, 4) is 0 Å². The highest BCUT2D eigenvalue weighted by molar-refractivity contribution is 7.99. The zero-order chi connectivity index (χ0) is 16.4. The molecule has 0 unspecified atom stereocenters. The summed E-state index contributed by atoms with van der Waals surface area (Å²) in [5.41, 5.74) is 15.7. The SMILES string of the molecule is Cc1ccccc1C1=CCSc2ccc(C(=O)N=C(N)N)cc21. The Morgan fingerprint density at radius 1 is 1.13 bits per heavy atom. The first kappa shape index (κ1) is 15.4. The van der Waals surface area contributed by atoms with Crippen LogP contribution in [0.25, 0.3) is 5.57 Å². The molecule has 23 heavy (non-hydrogen) atoms. The van der Waals surface area contributed by atoms with Crippen LogP contribution in [-0.4, -0.2) is 17.6 Å². The van der Waals surface area contributed by atoms with Gasteiger partial charge in [-0.2, -0.15) is 4.99 Å². The Balaban J connectivity index is 2.09. The van der Waals surface area contributed by atoms with Crippen molar-refractivity contribution in [3.05, 3.63) is 70.8 Å². The minimum Gasteiger partial charge on any atom is -0.370 e. The van der Waals surface area contributed by atoms with Crippen LogP contribution in [0.2, 0.25) is 0 Å². The van der Waals surface area contributed by atoms with Gasteiger partial charge in [0, 0.05) is 16.2 Å². The predicted octanol–water partition coefficient (Wildman–Crippen LogP) is 2.95. The molecule has 0 spiro atoms. The molecule has 3 rings (SSSR count). The first-order valence-corrected chi connectivity index (χ1v) is 8.22. The molecule has 0 atom stereocenters. The minimum atomic E-state index is -0.424. The van der Waals surface area contributed by atoms with Gasteiger partial charge in [0.05, 0.1) is 0 Å². The van der Waals surface area contributed by atoms with Crippen LogP contribution in [0.3, 0.4) is 0 Å². The van der Waals surface area contributed by atoms with Gasteiger partial charge in [0.1, 0.15) is 0 Å². The van der Waals surface area contributed by atoms with E-state index in [9.17, 15) is 4.79 Å². The summed E-state index contributed by atoms with van der Waals surface area (Å²) in [4.78, 5) is 16.9. The monoisotopic (exact) mass is 323 g/mol. The van der Waals surface area contributed by atoms with Gasteiger partial charge in [0.2, 0.25) is 0 Å². The third-order valence-electron chi connectivity index (χ3n) is 3.71. The van der Waals surface area contributed by atoms with Crippen LogP contribution in [0, 0.1) is 6.92 Å². The lowest BCUT2D eigenvalue weighted by atomic mass is 9.93. The maximum Gasteiger partial charge on any atom is 0.280 e. The number of fused-ring (bicyclic) bond motifs is 1. The second-order valence-electron chi connectivity index (χ2n) is 5.30. The summed E-state index contributed by atoms with van der Waals surface area (Å²) < 4.78 is 0. The molecule has 0 aromatic heterocycles. The van der Waals surface area contributed by atoms with Crippen molar-refractivity contribution in [2.24, 2.45) is 16.5 Å². The van der Waals surface area contributed by atoms with Gasteiger partial charge in [0.25, 0.3) is 5.91 Å². The molecular weight excluding hydrogens is 306 g/mol. The number of rotatable bonds is 2. The molecule has 4 N–H and O–H groups in total. The molecule has 0 aliphatic carbocycles. The predicted molar refractivity (Wildman–Crippen MR) is 95.6 cm³/mol. The molecule has 0 radical (unpaired) electrons. The molecule has 1 heterocycles. The maximum atomic E-state index is 12.1. The maximum absolute atomic E-state index is 12.1. The van der Waals surface area contributed by atoms with Crippen molar-refractivity contribution in [2.75, 3.05) is 5.75 Å². The molecule has 2 aromatic carbocycles.